The average molecular weight is 293 g/mol. The normalized spacial score (nSPS) is 14.0. The topological polar surface area (TPSA) is 57.6 Å². The van der Waals surface area contributed by atoms with Crippen LogP contribution >= 0.6 is 0 Å². The fraction of sp³-hybridized carbons (Fsp3) is 0.111. The lowest BCUT2D eigenvalue weighted by atomic mass is 10.1. The maximum atomic E-state index is 12.2. The first-order valence-corrected chi connectivity index (χ1v) is 7.05. The number of amides is 2. The van der Waals surface area contributed by atoms with Crippen LogP contribution in [0.4, 0.5) is 0 Å². The molecular weight excluding hydrogens is 278 g/mol. The molecule has 2 amide bonds. The molecule has 4 nitrogen and oxygen atoms in total. The summed E-state index contributed by atoms with van der Waals surface area (Å²) in [4.78, 5) is 25.5. The van der Waals surface area contributed by atoms with Crippen molar-refractivity contribution in [2.45, 2.75) is 6.42 Å². The average Bonchev–Trinajstić information content (AvgIpc) is 2.79. The zero-order valence-electron chi connectivity index (χ0n) is 11.9. The second kappa shape index (κ2) is 5.95. The lowest BCUT2D eigenvalue weighted by Gasteiger charge is -2.07. The smallest absolute Gasteiger partial charge is 0.265 e. The van der Waals surface area contributed by atoms with Crippen LogP contribution in [0.15, 0.2) is 54.7 Å². The van der Waals surface area contributed by atoms with Crippen LogP contribution in [0.2, 0.25) is 0 Å². The van der Waals surface area contributed by atoms with E-state index in [0.717, 1.165) is 16.0 Å². The standard InChI is InChI=1S/C18H15NO3/c20-12-10-14-7-5-13(6-8-14)9-11-19-17(21)15-3-1-2-4-16(15)18(19)22/h1-9,11,20H,10,12H2. The molecule has 1 N–H and O–H groups in total. The van der Waals surface area contributed by atoms with Gasteiger partial charge in [0, 0.05) is 12.8 Å². The number of rotatable bonds is 4. The van der Waals surface area contributed by atoms with Crippen molar-refractivity contribution in [2.24, 2.45) is 0 Å². The number of hydrogen-bond acceptors (Lipinski definition) is 3. The van der Waals surface area contributed by atoms with Crippen LogP contribution in [0.3, 0.4) is 0 Å². The Morgan fingerprint density at radius 1 is 0.909 bits per heavy atom. The molecule has 0 saturated heterocycles. The number of imide groups is 1. The molecule has 4 heteroatoms. The highest BCUT2D eigenvalue weighted by atomic mass is 16.3. The van der Waals surface area contributed by atoms with Crippen LogP contribution in [0.5, 0.6) is 0 Å². The van der Waals surface area contributed by atoms with Crippen molar-refractivity contribution in [2.75, 3.05) is 6.61 Å². The van der Waals surface area contributed by atoms with Crippen LogP contribution in [-0.4, -0.2) is 28.4 Å². The number of aliphatic hydroxyl groups excluding tert-OH is 1. The third-order valence-electron chi connectivity index (χ3n) is 3.62. The second-order valence-corrected chi connectivity index (χ2v) is 5.06. The maximum Gasteiger partial charge on any atom is 0.265 e. The van der Waals surface area contributed by atoms with E-state index in [2.05, 4.69) is 0 Å². The molecule has 0 aromatic heterocycles. The first-order chi connectivity index (χ1) is 10.7. The van der Waals surface area contributed by atoms with E-state index < -0.39 is 0 Å². The van der Waals surface area contributed by atoms with Gasteiger partial charge in [-0.25, -0.2) is 4.90 Å². The van der Waals surface area contributed by atoms with Crippen molar-refractivity contribution < 1.29 is 14.7 Å². The number of fused-ring (bicyclic) bond motifs is 1. The van der Waals surface area contributed by atoms with Crippen LogP contribution in [0.1, 0.15) is 31.8 Å². The molecule has 0 fully saturated rings. The summed E-state index contributed by atoms with van der Waals surface area (Å²) >= 11 is 0. The summed E-state index contributed by atoms with van der Waals surface area (Å²) in [5, 5.41) is 8.88. The van der Waals surface area contributed by atoms with Crippen molar-refractivity contribution in [1.29, 1.82) is 0 Å². The minimum Gasteiger partial charge on any atom is -0.396 e. The molecule has 2 aromatic rings. The molecule has 1 heterocycles. The largest absolute Gasteiger partial charge is 0.396 e. The molecule has 1 aliphatic rings. The van der Waals surface area contributed by atoms with E-state index in [-0.39, 0.29) is 18.4 Å². The van der Waals surface area contributed by atoms with Gasteiger partial charge in [-0.15, -0.1) is 0 Å². The summed E-state index contributed by atoms with van der Waals surface area (Å²) in [5.41, 5.74) is 2.81. The second-order valence-electron chi connectivity index (χ2n) is 5.06. The fourth-order valence-corrected chi connectivity index (χ4v) is 2.43. The first kappa shape index (κ1) is 14.2. The van der Waals surface area contributed by atoms with Gasteiger partial charge in [0.15, 0.2) is 0 Å². The molecule has 0 spiro atoms. The molecule has 0 unspecified atom stereocenters. The third-order valence-corrected chi connectivity index (χ3v) is 3.62. The van der Waals surface area contributed by atoms with Crippen molar-refractivity contribution in [3.63, 3.8) is 0 Å². The van der Waals surface area contributed by atoms with Gasteiger partial charge in [0.25, 0.3) is 11.8 Å². The number of benzene rings is 2. The Labute approximate surface area is 128 Å². The van der Waals surface area contributed by atoms with E-state index in [1.165, 1.54) is 6.20 Å². The van der Waals surface area contributed by atoms with Gasteiger partial charge in [-0.2, -0.15) is 0 Å². The summed E-state index contributed by atoms with van der Waals surface area (Å²) < 4.78 is 0. The van der Waals surface area contributed by atoms with Crippen molar-refractivity contribution in [3.05, 3.63) is 77.0 Å². The molecule has 0 radical (unpaired) electrons. The maximum absolute atomic E-state index is 12.2. The number of hydrogen-bond donors (Lipinski definition) is 1. The molecule has 3 rings (SSSR count). The summed E-state index contributed by atoms with van der Waals surface area (Å²) in [6, 6.07) is 14.4. The van der Waals surface area contributed by atoms with Crippen LogP contribution in [0.25, 0.3) is 6.08 Å². The lowest BCUT2D eigenvalue weighted by Crippen LogP contribution is -2.23. The van der Waals surface area contributed by atoms with Crippen LogP contribution in [-0.2, 0) is 6.42 Å². The van der Waals surface area contributed by atoms with Gasteiger partial charge in [0.2, 0.25) is 0 Å². The number of carbonyl (C=O) groups is 2. The first-order valence-electron chi connectivity index (χ1n) is 7.05. The van der Waals surface area contributed by atoms with Gasteiger partial charge < -0.3 is 5.11 Å². The van der Waals surface area contributed by atoms with Gasteiger partial charge in [-0.05, 0) is 35.8 Å². The van der Waals surface area contributed by atoms with Gasteiger partial charge in [0.1, 0.15) is 0 Å². The molecule has 0 saturated carbocycles. The Kier molecular flexibility index (Phi) is 3.85. The van der Waals surface area contributed by atoms with Crippen molar-refractivity contribution in [1.82, 2.24) is 4.90 Å². The molecule has 1 aliphatic heterocycles. The monoisotopic (exact) mass is 293 g/mol. The zero-order chi connectivity index (χ0) is 15.5. The molecular formula is C18H15NO3. The molecule has 2 aromatic carbocycles. The SMILES string of the molecule is O=C1c2ccccc2C(=O)N1C=Cc1ccc(CCO)cc1. The quantitative estimate of drug-likeness (QED) is 0.881. The summed E-state index contributed by atoms with van der Waals surface area (Å²) in [5.74, 6) is -0.595. The molecule has 110 valence electrons. The van der Waals surface area contributed by atoms with Gasteiger partial charge in [-0.3, -0.25) is 9.59 Å². The van der Waals surface area contributed by atoms with Gasteiger partial charge in [0.05, 0.1) is 11.1 Å². The van der Waals surface area contributed by atoms with Crippen LogP contribution < -0.4 is 0 Å². The Balaban J connectivity index is 1.79. The van der Waals surface area contributed by atoms with Gasteiger partial charge in [-0.1, -0.05) is 36.4 Å². The number of carbonyl (C=O) groups excluding carboxylic acids is 2. The highest BCUT2D eigenvalue weighted by Crippen LogP contribution is 2.23. The predicted molar refractivity (Wildman–Crippen MR) is 83.2 cm³/mol. The number of nitrogens with zero attached hydrogens (tertiary/aromatic N) is 1. The third kappa shape index (κ3) is 2.56. The highest BCUT2D eigenvalue weighted by molar-refractivity contribution is 6.22. The predicted octanol–water partition coefficient (Wildman–Crippen LogP) is 2.49. The van der Waals surface area contributed by atoms with E-state index >= 15 is 0 Å². The van der Waals surface area contributed by atoms with E-state index in [4.69, 9.17) is 5.11 Å². The Morgan fingerprint density at radius 3 is 2.05 bits per heavy atom. The molecule has 0 atom stereocenters. The summed E-state index contributed by atoms with van der Waals surface area (Å²) in [7, 11) is 0. The fourth-order valence-electron chi connectivity index (χ4n) is 2.43. The van der Waals surface area contributed by atoms with E-state index in [9.17, 15) is 9.59 Å². The summed E-state index contributed by atoms with van der Waals surface area (Å²) in [6.45, 7) is 0.115. The minimum absolute atomic E-state index is 0.115. The highest BCUT2D eigenvalue weighted by Gasteiger charge is 2.33. The van der Waals surface area contributed by atoms with E-state index in [1.54, 1.807) is 30.3 Å². The Bertz CT molecular complexity index is 712. The van der Waals surface area contributed by atoms with Crippen molar-refractivity contribution >= 4 is 17.9 Å². The molecule has 22 heavy (non-hydrogen) atoms. The number of aliphatic hydroxyl groups is 1. The molecule has 0 bridgehead atoms. The van der Waals surface area contributed by atoms with Crippen LogP contribution in [0, 0.1) is 0 Å². The Morgan fingerprint density at radius 2 is 1.50 bits per heavy atom. The van der Waals surface area contributed by atoms with E-state index in [0.29, 0.717) is 17.5 Å². The summed E-state index contributed by atoms with van der Waals surface area (Å²) in [6.07, 6.45) is 3.85. The molecule has 0 aliphatic carbocycles. The minimum atomic E-state index is -0.297. The van der Waals surface area contributed by atoms with E-state index in [1.807, 2.05) is 24.3 Å². The van der Waals surface area contributed by atoms with Crippen molar-refractivity contribution in [3.8, 4) is 0 Å². The lowest BCUT2D eigenvalue weighted by molar-refractivity contribution is 0.0722. The zero-order valence-corrected chi connectivity index (χ0v) is 11.9. The van der Waals surface area contributed by atoms with Gasteiger partial charge >= 0.3 is 0 Å². The Hall–Kier alpha value is -2.72.